The molecule has 0 spiro atoms. The van der Waals surface area contributed by atoms with E-state index in [1.165, 1.54) is 19.6 Å². The van der Waals surface area contributed by atoms with Crippen LogP contribution >= 0.6 is 0 Å². The van der Waals surface area contributed by atoms with Gasteiger partial charge in [-0.3, -0.25) is 0 Å². The summed E-state index contributed by atoms with van der Waals surface area (Å²) in [5.41, 5.74) is 6.00. The molecule has 0 amide bonds. The van der Waals surface area contributed by atoms with E-state index in [0.717, 1.165) is 19.8 Å². The predicted octanol–water partition coefficient (Wildman–Crippen LogP) is -0.404. The van der Waals surface area contributed by atoms with Crippen LogP contribution in [-0.2, 0) is 4.74 Å². The lowest BCUT2D eigenvalue weighted by molar-refractivity contribution is 0.0871. The van der Waals surface area contributed by atoms with Gasteiger partial charge in [-0.15, -0.1) is 0 Å². The van der Waals surface area contributed by atoms with E-state index < -0.39 is 0 Å². The molecular weight excluding hydrogens is 190 g/mol. The van der Waals surface area contributed by atoms with Crippen LogP contribution in [0.3, 0.4) is 0 Å². The second-order valence-electron chi connectivity index (χ2n) is 5.05. The average molecular weight is 213 g/mol. The van der Waals surface area contributed by atoms with E-state index in [4.69, 9.17) is 10.5 Å². The zero-order valence-electron chi connectivity index (χ0n) is 9.85. The summed E-state index contributed by atoms with van der Waals surface area (Å²) >= 11 is 0. The van der Waals surface area contributed by atoms with Crippen molar-refractivity contribution in [1.29, 1.82) is 0 Å². The number of rotatable bonds is 2. The maximum atomic E-state index is 6.00. The molecule has 0 aromatic rings. The molecule has 2 saturated heterocycles. The summed E-state index contributed by atoms with van der Waals surface area (Å²) in [6, 6.07) is 0.914. The first kappa shape index (κ1) is 11.3. The van der Waals surface area contributed by atoms with Gasteiger partial charge in [0, 0.05) is 44.2 Å². The highest BCUT2D eigenvalue weighted by Crippen LogP contribution is 2.15. The van der Waals surface area contributed by atoms with Crippen LogP contribution < -0.4 is 5.73 Å². The van der Waals surface area contributed by atoms with Gasteiger partial charge < -0.3 is 20.3 Å². The second-order valence-corrected chi connectivity index (χ2v) is 5.05. The molecule has 2 aliphatic rings. The van der Waals surface area contributed by atoms with Gasteiger partial charge in [0.15, 0.2) is 0 Å². The first-order valence-corrected chi connectivity index (χ1v) is 5.92. The van der Waals surface area contributed by atoms with Gasteiger partial charge >= 0.3 is 0 Å². The fraction of sp³-hybridized carbons (Fsp3) is 1.00. The fourth-order valence-corrected chi connectivity index (χ4v) is 2.42. The van der Waals surface area contributed by atoms with Gasteiger partial charge in [-0.25, -0.2) is 0 Å². The first-order chi connectivity index (χ1) is 7.16. The molecule has 15 heavy (non-hydrogen) atoms. The van der Waals surface area contributed by atoms with Gasteiger partial charge in [0.05, 0.1) is 13.2 Å². The lowest BCUT2D eigenvalue weighted by Gasteiger charge is -2.39. The summed E-state index contributed by atoms with van der Waals surface area (Å²) in [5, 5.41) is 0. The average Bonchev–Trinajstić information content (AvgIpc) is 2.59. The lowest BCUT2D eigenvalue weighted by atomic mass is 10.0. The molecule has 4 heteroatoms. The highest BCUT2D eigenvalue weighted by atomic mass is 16.5. The number of piperazine rings is 1. The molecular formula is C11H23N3O. The van der Waals surface area contributed by atoms with Crippen LogP contribution in [0.5, 0.6) is 0 Å². The van der Waals surface area contributed by atoms with Crippen LogP contribution in [0.25, 0.3) is 0 Å². The van der Waals surface area contributed by atoms with E-state index in [1.807, 2.05) is 0 Å². The Balaban J connectivity index is 1.80. The smallest absolute Gasteiger partial charge is 0.0621 e. The van der Waals surface area contributed by atoms with Crippen molar-refractivity contribution >= 4 is 0 Å². The van der Waals surface area contributed by atoms with Crippen molar-refractivity contribution in [1.82, 2.24) is 9.80 Å². The predicted molar refractivity (Wildman–Crippen MR) is 60.8 cm³/mol. The van der Waals surface area contributed by atoms with Gasteiger partial charge in [0.1, 0.15) is 0 Å². The van der Waals surface area contributed by atoms with Gasteiger partial charge in [0.2, 0.25) is 0 Å². The minimum atomic E-state index is 0.250. The molecule has 3 unspecified atom stereocenters. The number of ether oxygens (including phenoxy) is 1. The Kier molecular flexibility index (Phi) is 3.61. The summed E-state index contributed by atoms with van der Waals surface area (Å²) in [6.07, 6.45) is 0. The Morgan fingerprint density at radius 3 is 2.73 bits per heavy atom. The summed E-state index contributed by atoms with van der Waals surface area (Å²) < 4.78 is 5.40. The van der Waals surface area contributed by atoms with Crippen LogP contribution in [-0.4, -0.2) is 68.3 Å². The number of hydrogen-bond acceptors (Lipinski definition) is 4. The number of nitrogens with two attached hydrogens (primary N) is 1. The van der Waals surface area contributed by atoms with Crippen LogP contribution in [0.1, 0.15) is 6.92 Å². The SMILES string of the molecule is CC1CN(CC2COCC2N)CCN1C. The highest BCUT2D eigenvalue weighted by molar-refractivity contribution is 4.84. The lowest BCUT2D eigenvalue weighted by Crippen LogP contribution is -2.52. The largest absolute Gasteiger partial charge is 0.379 e. The molecule has 2 fully saturated rings. The molecule has 2 heterocycles. The molecule has 4 nitrogen and oxygen atoms in total. The molecule has 3 atom stereocenters. The fourth-order valence-electron chi connectivity index (χ4n) is 2.42. The Hall–Kier alpha value is -0.160. The Bertz CT molecular complexity index is 212. The van der Waals surface area contributed by atoms with Gasteiger partial charge in [-0.2, -0.15) is 0 Å². The van der Waals surface area contributed by atoms with E-state index in [-0.39, 0.29) is 6.04 Å². The molecule has 2 aliphatic heterocycles. The molecule has 2 rings (SSSR count). The van der Waals surface area contributed by atoms with Gasteiger partial charge in [-0.1, -0.05) is 0 Å². The minimum Gasteiger partial charge on any atom is -0.379 e. The third-order valence-electron chi connectivity index (χ3n) is 3.78. The zero-order chi connectivity index (χ0) is 10.8. The van der Waals surface area contributed by atoms with E-state index in [9.17, 15) is 0 Å². The summed E-state index contributed by atoms with van der Waals surface area (Å²) in [6.45, 7) is 8.50. The molecule has 0 aliphatic carbocycles. The molecule has 0 radical (unpaired) electrons. The van der Waals surface area contributed by atoms with Gasteiger partial charge in [0.25, 0.3) is 0 Å². The van der Waals surface area contributed by atoms with E-state index >= 15 is 0 Å². The Morgan fingerprint density at radius 1 is 1.33 bits per heavy atom. The normalized spacial score (nSPS) is 39.8. The van der Waals surface area contributed by atoms with E-state index in [1.54, 1.807) is 0 Å². The number of nitrogens with zero attached hydrogens (tertiary/aromatic N) is 2. The number of likely N-dealkylation sites (N-methyl/N-ethyl adjacent to an activating group) is 1. The molecule has 0 saturated carbocycles. The van der Waals surface area contributed by atoms with Crippen molar-refractivity contribution < 1.29 is 4.74 Å². The number of hydrogen-bond donors (Lipinski definition) is 1. The van der Waals surface area contributed by atoms with Crippen molar-refractivity contribution in [3.8, 4) is 0 Å². The zero-order valence-corrected chi connectivity index (χ0v) is 9.85. The second kappa shape index (κ2) is 4.78. The topological polar surface area (TPSA) is 41.7 Å². The maximum absolute atomic E-state index is 6.00. The highest BCUT2D eigenvalue weighted by Gasteiger charge is 2.29. The van der Waals surface area contributed by atoms with Crippen molar-refractivity contribution in [2.45, 2.75) is 19.0 Å². The Labute approximate surface area is 92.4 Å². The molecule has 2 N–H and O–H groups in total. The van der Waals surface area contributed by atoms with E-state index in [2.05, 4.69) is 23.8 Å². The van der Waals surface area contributed by atoms with Crippen molar-refractivity contribution in [3.05, 3.63) is 0 Å². The molecule has 0 aromatic heterocycles. The maximum Gasteiger partial charge on any atom is 0.0621 e. The van der Waals surface area contributed by atoms with Crippen molar-refractivity contribution in [2.24, 2.45) is 11.7 Å². The summed E-state index contributed by atoms with van der Waals surface area (Å²) in [5.74, 6) is 0.542. The van der Waals surface area contributed by atoms with Gasteiger partial charge in [-0.05, 0) is 14.0 Å². The van der Waals surface area contributed by atoms with Crippen molar-refractivity contribution in [3.63, 3.8) is 0 Å². The monoisotopic (exact) mass is 213 g/mol. The summed E-state index contributed by atoms with van der Waals surface area (Å²) in [7, 11) is 2.20. The first-order valence-electron chi connectivity index (χ1n) is 5.92. The molecule has 88 valence electrons. The van der Waals surface area contributed by atoms with E-state index in [0.29, 0.717) is 12.0 Å². The third kappa shape index (κ3) is 2.69. The third-order valence-corrected chi connectivity index (χ3v) is 3.78. The van der Waals surface area contributed by atoms with Crippen molar-refractivity contribution in [2.75, 3.05) is 46.4 Å². The molecule has 0 bridgehead atoms. The Morgan fingerprint density at radius 2 is 2.13 bits per heavy atom. The molecule has 0 aromatic carbocycles. The minimum absolute atomic E-state index is 0.250. The van der Waals surface area contributed by atoms with Crippen LogP contribution in [0.4, 0.5) is 0 Å². The van der Waals surface area contributed by atoms with Crippen LogP contribution in [0.2, 0.25) is 0 Å². The quantitative estimate of drug-likeness (QED) is 0.677. The van der Waals surface area contributed by atoms with Crippen LogP contribution in [0.15, 0.2) is 0 Å². The van der Waals surface area contributed by atoms with Crippen LogP contribution in [0, 0.1) is 5.92 Å². The standard InChI is InChI=1S/C11H23N3O/c1-9-5-14(4-3-13(9)2)6-10-7-15-8-11(10)12/h9-11H,3-8,12H2,1-2H3. The summed E-state index contributed by atoms with van der Waals surface area (Å²) in [4.78, 5) is 4.95.